The van der Waals surface area contributed by atoms with Gasteiger partial charge in [-0.25, -0.2) is 13.2 Å². The second-order valence-electron chi connectivity index (χ2n) is 13.4. The number of hydrogen-bond acceptors (Lipinski definition) is 10. The molecule has 5 aromatic rings. The summed E-state index contributed by atoms with van der Waals surface area (Å²) in [4.78, 5) is 34.7. The first-order valence-corrected chi connectivity index (χ1v) is 17.5. The average Bonchev–Trinajstić information content (AvgIpc) is 3.91. The third kappa shape index (κ3) is 7.74. The predicted octanol–water partition coefficient (Wildman–Crippen LogP) is 6.26. The van der Waals surface area contributed by atoms with Crippen LogP contribution in [-0.2, 0) is 11.0 Å². The topological polar surface area (TPSA) is 140 Å². The van der Waals surface area contributed by atoms with Crippen LogP contribution in [0.2, 0.25) is 0 Å². The zero-order chi connectivity index (χ0) is 38.9. The molecule has 18 heteroatoms. The van der Waals surface area contributed by atoms with Gasteiger partial charge in [-0.15, -0.1) is 0 Å². The highest BCUT2D eigenvalue weighted by molar-refractivity contribution is 5.96. The summed E-state index contributed by atoms with van der Waals surface area (Å²) < 4.78 is 91.2. The number of hydrogen-bond donors (Lipinski definition) is 1. The van der Waals surface area contributed by atoms with Crippen LogP contribution in [0, 0.1) is 17.1 Å². The van der Waals surface area contributed by atoms with Crippen molar-refractivity contribution in [3.8, 4) is 23.3 Å². The van der Waals surface area contributed by atoms with Crippen molar-refractivity contribution < 1.29 is 35.9 Å². The molecule has 7 heterocycles. The van der Waals surface area contributed by atoms with E-state index in [4.69, 9.17) is 4.74 Å². The number of alkyl halides is 4. The number of nitrogens with one attached hydrogen (secondary N) is 1. The fraction of sp³-hybridized carbons (Fsp3) is 0.378. The minimum absolute atomic E-state index is 0.0104. The number of rotatable bonds is 6. The molecule has 12 nitrogen and oxygen atoms in total. The molecule has 0 aliphatic carbocycles. The molecule has 3 aliphatic rings. The predicted molar refractivity (Wildman–Crippen MR) is 189 cm³/mol. The smallest absolute Gasteiger partial charge is 0.417 e. The number of methoxy groups -OCH3 is 1. The molecule has 3 fully saturated rings. The van der Waals surface area contributed by atoms with Gasteiger partial charge in [0.15, 0.2) is 11.6 Å². The van der Waals surface area contributed by atoms with Crippen LogP contribution in [0.1, 0.15) is 36.9 Å². The van der Waals surface area contributed by atoms with E-state index < -0.39 is 52.8 Å². The van der Waals surface area contributed by atoms with E-state index in [9.17, 15) is 32.0 Å². The van der Waals surface area contributed by atoms with Crippen LogP contribution in [-0.4, -0.2) is 104 Å². The van der Waals surface area contributed by atoms with Crippen molar-refractivity contribution in [2.45, 2.75) is 50.1 Å². The molecule has 4 aromatic heterocycles. The molecule has 3 atom stereocenters. The Morgan fingerprint density at radius 2 is 1.96 bits per heavy atom. The van der Waals surface area contributed by atoms with Gasteiger partial charge < -0.3 is 14.5 Å². The number of amides is 1. The van der Waals surface area contributed by atoms with Gasteiger partial charge in [0.2, 0.25) is 0 Å². The van der Waals surface area contributed by atoms with Gasteiger partial charge in [0.1, 0.15) is 23.2 Å². The molecule has 8 rings (SSSR count). The van der Waals surface area contributed by atoms with E-state index in [1.54, 1.807) is 17.0 Å². The summed E-state index contributed by atoms with van der Waals surface area (Å²) in [7, 11) is 1.24. The van der Waals surface area contributed by atoms with Crippen LogP contribution in [0.3, 0.4) is 0 Å². The van der Waals surface area contributed by atoms with Crippen LogP contribution < -0.4 is 9.64 Å². The lowest BCUT2D eigenvalue weighted by Crippen LogP contribution is -2.55. The van der Waals surface area contributed by atoms with Crippen LogP contribution in [0.4, 0.5) is 32.2 Å². The second-order valence-corrected chi connectivity index (χ2v) is 13.4. The van der Waals surface area contributed by atoms with Gasteiger partial charge in [-0.05, 0) is 50.1 Å². The molecule has 0 saturated carbocycles. The van der Waals surface area contributed by atoms with Crippen LogP contribution in [0.15, 0.2) is 54.7 Å². The van der Waals surface area contributed by atoms with Gasteiger partial charge in [0.25, 0.3) is 5.91 Å². The lowest BCUT2D eigenvalue weighted by molar-refractivity contribution is -0.137. The van der Waals surface area contributed by atoms with Crippen molar-refractivity contribution in [2.75, 3.05) is 44.7 Å². The first-order valence-electron chi connectivity index (χ1n) is 17.5. The number of anilines is 1. The summed E-state index contributed by atoms with van der Waals surface area (Å²) in [5.41, 5.74) is -2.11. The maximum absolute atomic E-state index is 16.2. The molecule has 3 aliphatic heterocycles. The van der Waals surface area contributed by atoms with E-state index >= 15 is 4.39 Å². The Morgan fingerprint density at radius 1 is 1.13 bits per heavy atom. The normalized spacial score (nSPS) is 20.3. The number of aromatic amines is 1. The second kappa shape index (κ2) is 15.5. The summed E-state index contributed by atoms with van der Waals surface area (Å²) in [5, 5.41) is 16.1. The van der Waals surface area contributed by atoms with Crippen molar-refractivity contribution in [3.05, 3.63) is 71.8 Å². The molecule has 0 bridgehead atoms. The lowest BCUT2D eigenvalue weighted by atomic mass is 10.00. The summed E-state index contributed by atoms with van der Waals surface area (Å²) in [6.45, 7) is 1.90. The highest BCUT2D eigenvalue weighted by Crippen LogP contribution is 2.41. The van der Waals surface area contributed by atoms with Gasteiger partial charge in [0, 0.05) is 61.6 Å². The maximum atomic E-state index is 16.2. The van der Waals surface area contributed by atoms with E-state index in [0.29, 0.717) is 12.6 Å². The number of fused-ring (bicyclic) bond motifs is 3. The Labute approximate surface area is 310 Å². The molecule has 0 spiro atoms. The number of pyridine rings is 2. The van der Waals surface area contributed by atoms with Gasteiger partial charge >= 0.3 is 12.2 Å². The summed E-state index contributed by atoms with van der Waals surface area (Å²) >= 11 is 0. The van der Waals surface area contributed by atoms with E-state index in [1.807, 2.05) is 6.07 Å². The highest BCUT2D eigenvalue weighted by Gasteiger charge is 2.38. The van der Waals surface area contributed by atoms with Crippen molar-refractivity contribution in [3.63, 3.8) is 0 Å². The van der Waals surface area contributed by atoms with Crippen LogP contribution in [0.5, 0.6) is 6.01 Å². The first kappa shape index (κ1) is 37.5. The fourth-order valence-electron chi connectivity index (χ4n) is 7.38. The number of benzene rings is 1. The van der Waals surface area contributed by atoms with Gasteiger partial charge in [0.05, 0.1) is 54.0 Å². The van der Waals surface area contributed by atoms with Crippen LogP contribution in [0.25, 0.3) is 39.1 Å². The fourth-order valence-corrected chi connectivity index (χ4v) is 7.38. The van der Waals surface area contributed by atoms with E-state index in [2.05, 4.69) is 35.0 Å². The number of halogens is 6. The molecular formula is C37H34F6N10O2. The quantitative estimate of drug-likeness (QED) is 0.156. The van der Waals surface area contributed by atoms with Crippen molar-refractivity contribution in [1.82, 2.24) is 39.9 Å². The number of nitrogens with zero attached hydrogens (tertiary/aromatic N) is 9. The molecule has 286 valence electrons. The molecule has 1 amide bonds. The van der Waals surface area contributed by atoms with Gasteiger partial charge in [-0.3, -0.25) is 24.8 Å². The van der Waals surface area contributed by atoms with E-state index in [-0.39, 0.29) is 65.4 Å². The average molecular weight is 765 g/mol. The summed E-state index contributed by atoms with van der Waals surface area (Å²) in [6.07, 6.45) is 2.65. The van der Waals surface area contributed by atoms with Crippen molar-refractivity contribution in [1.29, 1.82) is 5.26 Å². The molecule has 0 radical (unpaired) electrons. The van der Waals surface area contributed by atoms with Crippen LogP contribution >= 0.6 is 0 Å². The Bertz CT molecular complexity index is 2270. The molecule has 1 N–H and O–H groups in total. The summed E-state index contributed by atoms with van der Waals surface area (Å²) in [6, 6.07) is 8.33. The van der Waals surface area contributed by atoms with Gasteiger partial charge in [-0.2, -0.15) is 33.5 Å². The number of aromatic nitrogens is 6. The molecule has 3 unspecified atom stereocenters. The third-order valence-electron chi connectivity index (χ3n) is 9.96. The number of carbonyl (C=O) groups excluding carboxylic acids is 1. The molecule has 1 aromatic carbocycles. The molecule has 55 heavy (non-hydrogen) atoms. The standard InChI is InChI=1S/C30H22F5N9O2.C7H12FN/c1-46-29-40-26-20(14-38-25(24(26)32)19-12-23-16(13-39-42-23)10-21(19)30(33,34)35)27(41-29)43-8-9-44(18(15-43)5-6-36)28(45)22(31)11-17-4-2-3-7-37-17;8-6-4-7-2-1-3-9(7)5-6/h2-4,7,10-14,18H,5,8-9,15H2,1H3,(H,39,42);6-7H,1-5H2/b22-11-;. The lowest BCUT2D eigenvalue weighted by Gasteiger charge is -2.41. The molecule has 3 saturated heterocycles. The maximum Gasteiger partial charge on any atom is 0.417 e. The largest absolute Gasteiger partial charge is 0.467 e. The Hall–Kier alpha value is -5.83. The number of carbonyl (C=O) groups is 1. The van der Waals surface area contributed by atoms with Crippen molar-refractivity contribution in [2.24, 2.45) is 0 Å². The number of H-pyrrole nitrogens is 1. The minimum atomic E-state index is -4.84. The monoisotopic (exact) mass is 764 g/mol. The zero-order valence-corrected chi connectivity index (χ0v) is 29.4. The SMILES string of the molecule is COc1nc(N2CCN(C(=O)/C(F)=C/c3ccccn3)C(CC#N)C2)c2cnc(-c3cc4[nH]ncc4cc3C(F)(F)F)c(F)c2n1.FC1CC2CCCN2C1. The number of ether oxygens (including phenoxy) is 1. The first-order chi connectivity index (χ1) is 26.4. The minimum Gasteiger partial charge on any atom is -0.467 e. The van der Waals surface area contributed by atoms with E-state index in [1.165, 1.54) is 43.3 Å². The third-order valence-corrected chi connectivity index (χ3v) is 9.96. The van der Waals surface area contributed by atoms with Crippen molar-refractivity contribution >= 4 is 39.6 Å². The van der Waals surface area contributed by atoms with E-state index in [0.717, 1.165) is 37.4 Å². The number of piperazine rings is 1. The Morgan fingerprint density at radius 3 is 2.69 bits per heavy atom. The van der Waals surface area contributed by atoms with Gasteiger partial charge in [-0.1, -0.05) is 6.07 Å². The number of nitriles is 1. The Kier molecular flexibility index (Phi) is 10.6. The highest BCUT2D eigenvalue weighted by atomic mass is 19.4. The summed E-state index contributed by atoms with van der Waals surface area (Å²) in [5.74, 6) is -3.02. The molecular weight excluding hydrogens is 730 g/mol. The zero-order valence-electron chi connectivity index (χ0n) is 29.4. The Balaban J connectivity index is 0.000000449.